The molecule has 0 saturated carbocycles. The van der Waals surface area contributed by atoms with Gasteiger partial charge in [0.15, 0.2) is 11.5 Å². The fraction of sp³-hybridized carbons (Fsp3) is 0.417. The lowest BCUT2D eigenvalue weighted by molar-refractivity contribution is -0.121. The molecule has 0 unspecified atom stereocenters. The maximum absolute atomic E-state index is 12.6. The van der Waals surface area contributed by atoms with Gasteiger partial charge in [0.1, 0.15) is 0 Å². The normalized spacial score (nSPS) is 16.7. The van der Waals surface area contributed by atoms with Crippen molar-refractivity contribution in [1.29, 1.82) is 0 Å². The summed E-state index contributed by atoms with van der Waals surface area (Å²) < 4.78 is 11.0. The first-order chi connectivity index (χ1) is 15.0. The summed E-state index contributed by atoms with van der Waals surface area (Å²) in [6.07, 6.45) is 1.57. The number of carbonyl (C=O) groups is 2. The molecule has 2 N–H and O–H groups in total. The number of rotatable bonds is 7. The largest absolute Gasteiger partial charge is 0.493 e. The molecule has 2 atom stereocenters. The Bertz CT molecular complexity index is 917. The van der Waals surface area contributed by atoms with Crippen LogP contribution in [0.4, 0.5) is 4.79 Å². The van der Waals surface area contributed by atoms with Crippen LogP contribution in [0, 0.1) is 0 Å². The van der Waals surface area contributed by atoms with Crippen LogP contribution in [0.15, 0.2) is 42.5 Å². The summed E-state index contributed by atoms with van der Waals surface area (Å²) in [7, 11) is 3.24. The standard InChI is InChI=1S/C24H31N3O4/c1-5-16(2)25-24(29)26-22(28)15-27-12-11-18-13-20(30-3)21(31-4)14-19(18)23(27)17-9-7-6-8-10-17/h6-10,13-14,16,23H,5,11-12,15H2,1-4H3,(H2,25,26,28,29)/t16-,23-/m0/s1. The zero-order valence-electron chi connectivity index (χ0n) is 18.6. The van der Waals surface area contributed by atoms with E-state index >= 15 is 0 Å². The van der Waals surface area contributed by atoms with Gasteiger partial charge >= 0.3 is 6.03 Å². The van der Waals surface area contributed by atoms with E-state index in [1.54, 1.807) is 14.2 Å². The predicted octanol–water partition coefficient (Wildman–Crippen LogP) is 3.28. The van der Waals surface area contributed by atoms with Gasteiger partial charge in [0.2, 0.25) is 5.91 Å². The monoisotopic (exact) mass is 425 g/mol. The highest BCUT2D eigenvalue weighted by molar-refractivity contribution is 5.95. The molecule has 7 nitrogen and oxygen atoms in total. The minimum Gasteiger partial charge on any atom is -0.493 e. The van der Waals surface area contributed by atoms with E-state index in [4.69, 9.17) is 9.47 Å². The lowest BCUT2D eigenvalue weighted by atomic mass is 9.87. The van der Waals surface area contributed by atoms with Crippen LogP contribution < -0.4 is 20.1 Å². The summed E-state index contributed by atoms with van der Waals surface area (Å²) in [4.78, 5) is 26.8. The van der Waals surface area contributed by atoms with Crippen molar-refractivity contribution < 1.29 is 19.1 Å². The Morgan fingerprint density at radius 1 is 1.13 bits per heavy atom. The smallest absolute Gasteiger partial charge is 0.321 e. The molecule has 0 saturated heterocycles. The van der Waals surface area contributed by atoms with Gasteiger partial charge in [0, 0.05) is 12.6 Å². The molecule has 0 spiro atoms. The van der Waals surface area contributed by atoms with E-state index in [0.29, 0.717) is 18.0 Å². The molecule has 1 heterocycles. The maximum Gasteiger partial charge on any atom is 0.321 e. The Kier molecular flexibility index (Phi) is 7.52. The van der Waals surface area contributed by atoms with Crippen LogP contribution in [0.2, 0.25) is 0 Å². The summed E-state index contributed by atoms with van der Waals surface area (Å²) >= 11 is 0. The Morgan fingerprint density at radius 3 is 2.45 bits per heavy atom. The van der Waals surface area contributed by atoms with Crippen molar-refractivity contribution >= 4 is 11.9 Å². The number of ether oxygens (including phenoxy) is 2. The molecule has 0 aliphatic carbocycles. The number of methoxy groups -OCH3 is 2. The number of fused-ring (bicyclic) bond motifs is 1. The first-order valence-electron chi connectivity index (χ1n) is 10.6. The number of hydrogen-bond donors (Lipinski definition) is 2. The third-order valence-electron chi connectivity index (χ3n) is 5.68. The molecule has 1 aliphatic rings. The van der Waals surface area contributed by atoms with Crippen LogP contribution >= 0.6 is 0 Å². The van der Waals surface area contributed by atoms with E-state index in [2.05, 4.69) is 27.7 Å². The van der Waals surface area contributed by atoms with E-state index in [-0.39, 0.29) is 24.5 Å². The van der Waals surface area contributed by atoms with Gasteiger partial charge in [0.05, 0.1) is 26.8 Å². The zero-order chi connectivity index (χ0) is 22.4. The minimum atomic E-state index is -0.459. The summed E-state index contributed by atoms with van der Waals surface area (Å²) in [5.41, 5.74) is 3.32. The summed E-state index contributed by atoms with van der Waals surface area (Å²) in [6, 6.07) is 13.5. The van der Waals surface area contributed by atoms with Gasteiger partial charge in [-0.25, -0.2) is 4.79 Å². The molecule has 0 bridgehead atoms. The van der Waals surface area contributed by atoms with E-state index in [1.807, 2.05) is 44.2 Å². The van der Waals surface area contributed by atoms with Crippen molar-refractivity contribution in [2.45, 2.75) is 38.8 Å². The first-order valence-corrected chi connectivity index (χ1v) is 10.6. The van der Waals surface area contributed by atoms with Gasteiger partial charge in [0.25, 0.3) is 0 Å². The Balaban J connectivity index is 1.87. The van der Waals surface area contributed by atoms with Gasteiger partial charge in [-0.05, 0) is 48.6 Å². The van der Waals surface area contributed by atoms with Crippen LogP contribution in [0.5, 0.6) is 11.5 Å². The molecule has 0 fully saturated rings. The van der Waals surface area contributed by atoms with E-state index in [1.165, 1.54) is 0 Å². The number of nitrogens with zero attached hydrogens (tertiary/aromatic N) is 1. The third kappa shape index (κ3) is 5.35. The van der Waals surface area contributed by atoms with E-state index < -0.39 is 6.03 Å². The molecule has 2 aromatic rings. The SMILES string of the molecule is CC[C@H](C)NC(=O)NC(=O)CN1CCc2cc(OC)c(OC)cc2[C@@H]1c1ccccc1. The van der Waals surface area contributed by atoms with Gasteiger partial charge in [-0.2, -0.15) is 0 Å². The topological polar surface area (TPSA) is 79.9 Å². The van der Waals surface area contributed by atoms with Crippen molar-refractivity contribution in [1.82, 2.24) is 15.5 Å². The number of amides is 3. The average Bonchev–Trinajstić information content (AvgIpc) is 2.78. The Labute approximate surface area is 183 Å². The van der Waals surface area contributed by atoms with Crippen LogP contribution in [0.1, 0.15) is 43.0 Å². The average molecular weight is 426 g/mol. The number of nitrogens with one attached hydrogen (secondary N) is 2. The molecule has 3 amide bonds. The molecule has 0 radical (unpaired) electrons. The third-order valence-corrected chi connectivity index (χ3v) is 5.68. The highest BCUT2D eigenvalue weighted by atomic mass is 16.5. The number of benzene rings is 2. The Hall–Kier alpha value is -3.06. The van der Waals surface area contributed by atoms with Crippen LogP contribution in [-0.4, -0.2) is 50.2 Å². The predicted molar refractivity (Wildman–Crippen MR) is 120 cm³/mol. The van der Waals surface area contributed by atoms with Crippen molar-refractivity contribution in [2.75, 3.05) is 27.3 Å². The van der Waals surface area contributed by atoms with E-state index in [9.17, 15) is 9.59 Å². The highest BCUT2D eigenvalue weighted by Crippen LogP contribution is 2.40. The second-order valence-corrected chi connectivity index (χ2v) is 7.77. The molecule has 0 aromatic heterocycles. The second kappa shape index (κ2) is 10.3. The van der Waals surface area contributed by atoms with Crippen LogP contribution in [-0.2, 0) is 11.2 Å². The number of imide groups is 1. The van der Waals surface area contributed by atoms with Crippen LogP contribution in [0.3, 0.4) is 0 Å². The maximum atomic E-state index is 12.6. The van der Waals surface area contributed by atoms with Crippen molar-refractivity contribution in [3.8, 4) is 11.5 Å². The van der Waals surface area contributed by atoms with Gasteiger partial charge < -0.3 is 14.8 Å². The van der Waals surface area contributed by atoms with Gasteiger partial charge in [-0.3, -0.25) is 15.0 Å². The quantitative estimate of drug-likeness (QED) is 0.712. The van der Waals surface area contributed by atoms with Crippen molar-refractivity contribution in [2.24, 2.45) is 0 Å². The van der Waals surface area contributed by atoms with Crippen molar-refractivity contribution in [3.63, 3.8) is 0 Å². The van der Waals surface area contributed by atoms with Crippen molar-refractivity contribution in [3.05, 3.63) is 59.2 Å². The lowest BCUT2D eigenvalue weighted by Gasteiger charge is -2.37. The van der Waals surface area contributed by atoms with Gasteiger partial charge in [-0.1, -0.05) is 37.3 Å². The number of hydrogen-bond acceptors (Lipinski definition) is 5. The summed E-state index contributed by atoms with van der Waals surface area (Å²) in [5, 5.41) is 5.22. The highest BCUT2D eigenvalue weighted by Gasteiger charge is 2.31. The van der Waals surface area contributed by atoms with E-state index in [0.717, 1.165) is 29.5 Å². The fourth-order valence-electron chi connectivity index (χ4n) is 3.91. The fourth-order valence-corrected chi connectivity index (χ4v) is 3.91. The number of carbonyl (C=O) groups excluding carboxylic acids is 2. The molecule has 1 aliphatic heterocycles. The summed E-state index contributed by atoms with van der Waals surface area (Å²) in [6.45, 7) is 4.67. The molecular formula is C24H31N3O4. The first kappa shape index (κ1) is 22.6. The molecule has 166 valence electrons. The lowest BCUT2D eigenvalue weighted by Crippen LogP contribution is -2.48. The molecular weight excluding hydrogens is 394 g/mol. The summed E-state index contributed by atoms with van der Waals surface area (Å²) in [5.74, 6) is 1.02. The molecule has 31 heavy (non-hydrogen) atoms. The minimum absolute atomic E-state index is 0.00850. The molecule has 3 rings (SSSR count). The van der Waals surface area contributed by atoms with Crippen LogP contribution in [0.25, 0.3) is 0 Å². The number of urea groups is 1. The molecule has 7 heteroatoms. The van der Waals surface area contributed by atoms with Gasteiger partial charge in [-0.15, -0.1) is 0 Å². The Morgan fingerprint density at radius 2 is 1.81 bits per heavy atom. The zero-order valence-corrected chi connectivity index (χ0v) is 18.6. The second-order valence-electron chi connectivity index (χ2n) is 7.77. The molecule has 2 aromatic carbocycles.